The third kappa shape index (κ3) is 2.36. The second kappa shape index (κ2) is 5.09. The first-order valence-electron chi connectivity index (χ1n) is 6.44. The van der Waals surface area contributed by atoms with E-state index < -0.39 is 0 Å². The Labute approximate surface area is 117 Å². The summed E-state index contributed by atoms with van der Waals surface area (Å²) < 4.78 is 1.70. The van der Waals surface area contributed by atoms with E-state index in [0.717, 1.165) is 16.8 Å². The van der Waals surface area contributed by atoms with Crippen LogP contribution in [0.15, 0.2) is 60.8 Å². The van der Waals surface area contributed by atoms with Crippen LogP contribution in [0, 0.1) is 0 Å². The topological polar surface area (TPSA) is 55.9 Å². The summed E-state index contributed by atoms with van der Waals surface area (Å²) in [6, 6.07) is 18.4. The monoisotopic (exact) mass is 264 g/mol. The number of benzene rings is 2. The molecule has 0 unspecified atom stereocenters. The van der Waals surface area contributed by atoms with Crippen LogP contribution in [0.5, 0.6) is 0 Å². The molecule has 2 aromatic carbocycles. The fourth-order valence-electron chi connectivity index (χ4n) is 2.19. The van der Waals surface area contributed by atoms with Crippen LogP contribution in [0.25, 0.3) is 11.1 Å². The molecule has 0 bridgehead atoms. The lowest BCUT2D eigenvalue weighted by Gasteiger charge is -2.11. The van der Waals surface area contributed by atoms with Crippen LogP contribution < -0.4 is 11.1 Å². The van der Waals surface area contributed by atoms with Crippen molar-refractivity contribution in [3.8, 4) is 11.1 Å². The number of nitrogen functional groups attached to an aromatic ring is 1. The van der Waals surface area contributed by atoms with E-state index >= 15 is 0 Å². The summed E-state index contributed by atoms with van der Waals surface area (Å²) in [5.74, 6) is 0.677. The number of aryl methyl sites for hydroxylation is 1. The van der Waals surface area contributed by atoms with Gasteiger partial charge in [-0.25, -0.2) is 0 Å². The van der Waals surface area contributed by atoms with E-state index in [0.29, 0.717) is 11.5 Å². The van der Waals surface area contributed by atoms with E-state index in [4.69, 9.17) is 5.73 Å². The fourth-order valence-corrected chi connectivity index (χ4v) is 2.19. The smallest absolute Gasteiger partial charge is 0.175 e. The van der Waals surface area contributed by atoms with Crippen molar-refractivity contribution < 1.29 is 0 Å². The van der Waals surface area contributed by atoms with Gasteiger partial charge in [0.25, 0.3) is 0 Å². The van der Waals surface area contributed by atoms with Gasteiger partial charge in [0.1, 0.15) is 0 Å². The van der Waals surface area contributed by atoms with Gasteiger partial charge in [-0.15, -0.1) is 0 Å². The molecule has 4 nitrogen and oxygen atoms in total. The number of nitrogens with two attached hydrogens (primary N) is 1. The van der Waals surface area contributed by atoms with Crippen LogP contribution in [0.4, 0.5) is 17.2 Å². The molecule has 0 aliphatic rings. The van der Waals surface area contributed by atoms with Crippen LogP contribution in [0.2, 0.25) is 0 Å². The molecule has 0 saturated carbocycles. The van der Waals surface area contributed by atoms with Crippen LogP contribution in [0.3, 0.4) is 0 Å². The molecule has 0 fully saturated rings. The molecule has 0 spiro atoms. The number of hydrogen-bond acceptors (Lipinski definition) is 3. The molecule has 20 heavy (non-hydrogen) atoms. The standard InChI is InChI=1S/C16H16N4/c1-20-11-14(17)16(19-20)18-15-10-6-5-9-13(15)12-7-3-2-4-8-12/h2-11H,17H2,1H3,(H,18,19). The predicted molar refractivity (Wildman–Crippen MR) is 82.8 cm³/mol. The zero-order valence-electron chi connectivity index (χ0n) is 11.2. The highest BCUT2D eigenvalue weighted by Gasteiger charge is 2.08. The third-order valence-electron chi connectivity index (χ3n) is 3.12. The number of para-hydroxylation sites is 1. The van der Waals surface area contributed by atoms with E-state index in [1.165, 1.54) is 0 Å². The van der Waals surface area contributed by atoms with Crippen molar-refractivity contribution >= 4 is 17.2 Å². The van der Waals surface area contributed by atoms with Gasteiger partial charge in [0, 0.05) is 24.5 Å². The zero-order chi connectivity index (χ0) is 13.9. The average Bonchev–Trinajstić information content (AvgIpc) is 2.78. The summed E-state index contributed by atoms with van der Waals surface area (Å²) in [7, 11) is 1.85. The second-order valence-electron chi connectivity index (χ2n) is 4.64. The minimum atomic E-state index is 0.635. The van der Waals surface area contributed by atoms with Crippen molar-refractivity contribution in [3.63, 3.8) is 0 Å². The highest BCUT2D eigenvalue weighted by atomic mass is 15.3. The Morgan fingerprint density at radius 3 is 2.40 bits per heavy atom. The molecule has 1 heterocycles. The van der Waals surface area contributed by atoms with Gasteiger partial charge >= 0.3 is 0 Å². The van der Waals surface area contributed by atoms with Gasteiger partial charge in [-0.2, -0.15) is 5.10 Å². The summed E-state index contributed by atoms with van der Waals surface area (Å²) in [5, 5.41) is 7.62. The van der Waals surface area contributed by atoms with Crippen molar-refractivity contribution in [2.24, 2.45) is 7.05 Å². The maximum atomic E-state index is 5.93. The Bertz CT molecular complexity index is 716. The van der Waals surface area contributed by atoms with Crippen molar-refractivity contribution in [1.82, 2.24) is 9.78 Å². The van der Waals surface area contributed by atoms with Crippen molar-refractivity contribution in [2.45, 2.75) is 0 Å². The summed E-state index contributed by atoms with van der Waals surface area (Å²) >= 11 is 0. The van der Waals surface area contributed by atoms with Gasteiger partial charge in [0.05, 0.1) is 5.69 Å². The van der Waals surface area contributed by atoms with Crippen LogP contribution in [-0.4, -0.2) is 9.78 Å². The first kappa shape index (κ1) is 12.3. The molecule has 0 aliphatic heterocycles. The first-order valence-corrected chi connectivity index (χ1v) is 6.44. The van der Waals surface area contributed by atoms with Gasteiger partial charge in [-0.3, -0.25) is 4.68 Å². The summed E-state index contributed by atoms with van der Waals surface area (Å²) in [5.41, 5.74) is 9.84. The molecule has 0 amide bonds. The number of aromatic nitrogens is 2. The lowest BCUT2D eigenvalue weighted by Crippen LogP contribution is -1.97. The molecular formula is C16H16N4. The Kier molecular flexibility index (Phi) is 3.13. The SMILES string of the molecule is Cn1cc(N)c(Nc2ccccc2-c2ccccc2)n1. The Morgan fingerprint density at radius 2 is 1.70 bits per heavy atom. The molecule has 3 N–H and O–H groups in total. The normalized spacial score (nSPS) is 10.4. The molecule has 0 radical (unpaired) electrons. The van der Waals surface area contributed by atoms with E-state index in [1.807, 2.05) is 43.4 Å². The summed E-state index contributed by atoms with van der Waals surface area (Å²) in [4.78, 5) is 0. The maximum absolute atomic E-state index is 5.93. The quantitative estimate of drug-likeness (QED) is 0.762. The Hall–Kier alpha value is -2.75. The van der Waals surface area contributed by atoms with E-state index in [2.05, 4.69) is 28.6 Å². The highest BCUT2D eigenvalue weighted by Crippen LogP contribution is 2.30. The van der Waals surface area contributed by atoms with Gasteiger partial charge in [-0.1, -0.05) is 48.5 Å². The molecule has 4 heteroatoms. The molecule has 0 atom stereocenters. The van der Waals surface area contributed by atoms with E-state index in [-0.39, 0.29) is 0 Å². The van der Waals surface area contributed by atoms with E-state index in [1.54, 1.807) is 10.9 Å². The molecule has 100 valence electrons. The third-order valence-corrected chi connectivity index (χ3v) is 3.12. The number of rotatable bonds is 3. The number of anilines is 3. The number of nitrogens with zero attached hydrogens (tertiary/aromatic N) is 2. The van der Waals surface area contributed by atoms with Crippen LogP contribution in [-0.2, 0) is 7.05 Å². The molecule has 0 aliphatic carbocycles. The lowest BCUT2D eigenvalue weighted by molar-refractivity contribution is 0.771. The Morgan fingerprint density at radius 1 is 1.00 bits per heavy atom. The van der Waals surface area contributed by atoms with Crippen molar-refractivity contribution in [3.05, 3.63) is 60.8 Å². The minimum Gasteiger partial charge on any atom is -0.394 e. The highest BCUT2D eigenvalue weighted by molar-refractivity contribution is 5.82. The molecule has 0 saturated heterocycles. The Balaban J connectivity index is 2.01. The first-order chi connectivity index (χ1) is 9.74. The molecular weight excluding hydrogens is 248 g/mol. The van der Waals surface area contributed by atoms with Gasteiger partial charge < -0.3 is 11.1 Å². The van der Waals surface area contributed by atoms with E-state index in [9.17, 15) is 0 Å². The summed E-state index contributed by atoms with van der Waals surface area (Å²) in [6.45, 7) is 0. The minimum absolute atomic E-state index is 0.635. The van der Waals surface area contributed by atoms with Crippen molar-refractivity contribution in [2.75, 3.05) is 11.1 Å². The average molecular weight is 264 g/mol. The van der Waals surface area contributed by atoms with Gasteiger partial charge in [0.2, 0.25) is 0 Å². The molecule has 3 rings (SSSR count). The molecule has 1 aromatic heterocycles. The van der Waals surface area contributed by atoms with Gasteiger partial charge in [0.15, 0.2) is 5.82 Å². The molecule has 3 aromatic rings. The van der Waals surface area contributed by atoms with Crippen LogP contribution >= 0.6 is 0 Å². The fraction of sp³-hybridized carbons (Fsp3) is 0.0625. The predicted octanol–water partition coefficient (Wildman–Crippen LogP) is 3.41. The zero-order valence-corrected chi connectivity index (χ0v) is 11.2. The second-order valence-corrected chi connectivity index (χ2v) is 4.64. The lowest BCUT2D eigenvalue weighted by atomic mass is 10.0. The number of nitrogens with one attached hydrogen (secondary N) is 1. The summed E-state index contributed by atoms with van der Waals surface area (Å²) in [6.07, 6.45) is 1.79. The maximum Gasteiger partial charge on any atom is 0.175 e. The van der Waals surface area contributed by atoms with Crippen LogP contribution in [0.1, 0.15) is 0 Å². The van der Waals surface area contributed by atoms with Crippen molar-refractivity contribution in [1.29, 1.82) is 0 Å². The number of hydrogen-bond donors (Lipinski definition) is 2. The van der Waals surface area contributed by atoms with Gasteiger partial charge in [-0.05, 0) is 11.6 Å². The largest absolute Gasteiger partial charge is 0.394 e.